The van der Waals surface area contributed by atoms with E-state index in [1.54, 1.807) is 0 Å². The van der Waals surface area contributed by atoms with Crippen LogP contribution in [-0.2, 0) is 0 Å². The second-order valence-electron chi connectivity index (χ2n) is 5.29. The Hall–Kier alpha value is -0.980. The van der Waals surface area contributed by atoms with Gasteiger partial charge in [0, 0.05) is 5.56 Å². The van der Waals surface area contributed by atoms with Gasteiger partial charge in [0.15, 0.2) is 0 Å². The van der Waals surface area contributed by atoms with E-state index in [9.17, 15) is 5.11 Å². The quantitative estimate of drug-likeness (QED) is 0.774. The molecule has 1 N–H and O–H groups in total. The molecule has 0 bridgehead atoms. The van der Waals surface area contributed by atoms with Gasteiger partial charge in [-0.2, -0.15) is 0 Å². The van der Waals surface area contributed by atoms with Crippen LogP contribution in [0.5, 0.6) is 5.75 Å². The smallest absolute Gasteiger partial charge is 0.122 e. The summed E-state index contributed by atoms with van der Waals surface area (Å²) in [5.74, 6) is 1.40. The van der Waals surface area contributed by atoms with Crippen LogP contribution in [0.2, 0.25) is 0 Å². The molecule has 0 aliphatic carbocycles. The third kappa shape index (κ3) is 2.65. The van der Waals surface area contributed by atoms with E-state index in [2.05, 4.69) is 47.6 Å². The Morgan fingerprint density at radius 1 is 1.06 bits per heavy atom. The number of aromatic hydroxyl groups is 1. The lowest BCUT2D eigenvalue weighted by atomic mass is 9.85. The Morgan fingerprint density at radius 2 is 1.59 bits per heavy atom. The van der Waals surface area contributed by atoms with Gasteiger partial charge >= 0.3 is 0 Å². The third-order valence-corrected chi connectivity index (χ3v) is 4.14. The first-order valence-corrected chi connectivity index (χ1v) is 6.76. The van der Waals surface area contributed by atoms with Gasteiger partial charge in [-0.3, -0.25) is 0 Å². The zero-order chi connectivity index (χ0) is 13.2. The summed E-state index contributed by atoms with van der Waals surface area (Å²) >= 11 is 0. The minimum Gasteiger partial charge on any atom is -0.507 e. The Bertz CT molecular complexity index is 393. The van der Waals surface area contributed by atoms with Crippen molar-refractivity contribution in [1.82, 2.24) is 0 Å². The van der Waals surface area contributed by atoms with Crippen molar-refractivity contribution in [1.29, 1.82) is 0 Å². The van der Waals surface area contributed by atoms with Crippen LogP contribution in [-0.4, -0.2) is 5.11 Å². The fourth-order valence-corrected chi connectivity index (χ4v) is 2.36. The van der Waals surface area contributed by atoms with Crippen molar-refractivity contribution in [3.8, 4) is 5.75 Å². The van der Waals surface area contributed by atoms with E-state index >= 15 is 0 Å². The summed E-state index contributed by atoms with van der Waals surface area (Å²) in [7, 11) is 0. The molecule has 1 nitrogen and oxygen atoms in total. The first-order valence-electron chi connectivity index (χ1n) is 6.76. The van der Waals surface area contributed by atoms with Gasteiger partial charge in [-0.05, 0) is 55.2 Å². The highest BCUT2D eigenvalue weighted by atomic mass is 16.3. The summed E-state index contributed by atoms with van der Waals surface area (Å²) in [6.07, 6.45) is 2.13. The maximum absolute atomic E-state index is 10.5. The van der Waals surface area contributed by atoms with E-state index < -0.39 is 0 Å². The Labute approximate surface area is 106 Å². The molecule has 1 heteroatoms. The molecule has 0 saturated heterocycles. The molecule has 0 fully saturated rings. The minimum absolute atomic E-state index is 0.428. The molecular weight excluding hydrogens is 208 g/mol. The van der Waals surface area contributed by atoms with Crippen LogP contribution in [0.1, 0.15) is 74.6 Å². The van der Waals surface area contributed by atoms with Crippen molar-refractivity contribution < 1.29 is 5.11 Å². The lowest BCUT2D eigenvalue weighted by Gasteiger charge is -2.22. The van der Waals surface area contributed by atoms with Crippen LogP contribution in [0, 0.1) is 13.8 Å². The van der Waals surface area contributed by atoms with E-state index in [0.717, 1.165) is 24.0 Å². The lowest BCUT2D eigenvalue weighted by molar-refractivity contribution is 0.447. The molecule has 1 aromatic carbocycles. The average Bonchev–Trinajstić information content (AvgIpc) is 2.32. The van der Waals surface area contributed by atoms with Gasteiger partial charge in [0.25, 0.3) is 0 Å². The number of hydrogen-bond acceptors (Lipinski definition) is 1. The summed E-state index contributed by atoms with van der Waals surface area (Å²) in [4.78, 5) is 0. The predicted molar refractivity (Wildman–Crippen MR) is 75.0 cm³/mol. The normalized spacial score (nSPS) is 14.7. The van der Waals surface area contributed by atoms with Crippen LogP contribution in [0.15, 0.2) is 6.07 Å². The molecule has 17 heavy (non-hydrogen) atoms. The minimum atomic E-state index is 0.428. The van der Waals surface area contributed by atoms with E-state index in [4.69, 9.17) is 0 Å². The Morgan fingerprint density at radius 3 is 2.06 bits per heavy atom. The molecule has 1 rings (SSSR count). The van der Waals surface area contributed by atoms with Crippen LogP contribution in [0.4, 0.5) is 0 Å². The Kier molecular flexibility index (Phi) is 4.62. The first-order chi connectivity index (χ1) is 7.93. The van der Waals surface area contributed by atoms with Gasteiger partial charge in [0.05, 0.1) is 0 Å². The summed E-state index contributed by atoms with van der Waals surface area (Å²) in [5.41, 5.74) is 4.83. The Balaban J connectivity index is 3.42. The molecule has 0 amide bonds. The molecule has 0 heterocycles. The van der Waals surface area contributed by atoms with Crippen molar-refractivity contribution in [2.24, 2.45) is 0 Å². The van der Waals surface area contributed by atoms with Gasteiger partial charge in [0.1, 0.15) is 5.75 Å². The second-order valence-corrected chi connectivity index (χ2v) is 5.29. The molecule has 0 radical (unpaired) electrons. The van der Waals surface area contributed by atoms with E-state index in [-0.39, 0.29) is 0 Å². The molecule has 96 valence electrons. The highest BCUT2D eigenvalue weighted by Crippen LogP contribution is 2.39. The summed E-state index contributed by atoms with van der Waals surface area (Å²) in [6.45, 7) is 13.0. The van der Waals surface area contributed by atoms with Crippen LogP contribution < -0.4 is 0 Å². The highest BCUT2D eigenvalue weighted by Gasteiger charge is 2.19. The molecule has 0 aliphatic rings. The molecular formula is C16H26O. The number of phenolic OH excluding ortho intramolecular Hbond substituents is 1. The standard InChI is InChI=1S/C16H26O/c1-7-10(3)14-9-12(5)13(6)15(16(14)17)11(4)8-2/h9-11,17H,7-8H2,1-6H3. The topological polar surface area (TPSA) is 20.2 Å². The zero-order valence-corrected chi connectivity index (χ0v) is 12.1. The fourth-order valence-electron chi connectivity index (χ4n) is 2.36. The summed E-state index contributed by atoms with van der Waals surface area (Å²) in [5, 5.41) is 10.5. The predicted octanol–water partition coefficient (Wildman–Crippen LogP) is 5.04. The molecule has 0 spiro atoms. The molecule has 0 aromatic heterocycles. The van der Waals surface area contributed by atoms with Crippen molar-refractivity contribution in [3.05, 3.63) is 28.3 Å². The van der Waals surface area contributed by atoms with Gasteiger partial charge in [-0.25, -0.2) is 0 Å². The van der Waals surface area contributed by atoms with Crippen molar-refractivity contribution in [2.75, 3.05) is 0 Å². The van der Waals surface area contributed by atoms with E-state index in [1.165, 1.54) is 11.1 Å². The number of aryl methyl sites for hydroxylation is 1. The average molecular weight is 234 g/mol. The summed E-state index contributed by atoms with van der Waals surface area (Å²) < 4.78 is 0. The van der Waals surface area contributed by atoms with Gasteiger partial charge in [-0.1, -0.05) is 33.8 Å². The largest absolute Gasteiger partial charge is 0.507 e. The van der Waals surface area contributed by atoms with Gasteiger partial charge in [0.2, 0.25) is 0 Å². The number of hydrogen-bond donors (Lipinski definition) is 1. The van der Waals surface area contributed by atoms with Crippen LogP contribution in [0.3, 0.4) is 0 Å². The molecule has 0 saturated carbocycles. The highest BCUT2D eigenvalue weighted by molar-refractivity contribution is 5.51. The van der Waals surface area contributed by atoms with Crippen molar-refractivity contribution in [3.63, 3.8) is 0 Å². The maximum atomic E-state index is 10.5. The number of rotatable bonds is 4. The zero-order valence-electron chi connectivity index (χ0n) is 12.1. The number of phenols is 1. The van der Waals surface area contributed by atoms with Crippen LogP contribution >= 0.6 is 0 Å². The SMILES string of the molecule is CCC(C)c1cc(C)c(C)c(C(C)CC)c1O. The second kappa shape index (κ2) is 5.57. The van der Waals surface area contributed by atoms with Crippen molar-refractivity contribution >= 4 is 0 Å². The van der Waals surface area contributed by atoms with Gasteiger partial charge < -0.3 is 5.11 Å². The van der Waals surface area contributed by atoms with Crippen LogP contribution in [0.25, 0.3) is 0 Å². The van der Waals surface area contributed by atoms with E-state index in [1.807, 2.05) is 0 Å². The fraction of sp³-hybridized carbons (Fsp3) is 0.625. The third-order valence-electron chi connectivity index (χ3n) is 4.14. The van der Waals surface area contributed by atoms with E-state index in [0.29, 0.717) is 17.6 Å². The number of benzene rings is 1. The molecule has 2 unspecified atom stereocenters. The summed E-state index contributed by atoms with van der Waals surface area (Å²) in [6, 6.07) is 2.16. The first kappa shape index (κ1) is 14.1. The molecule has 1 aromatic rings. The van der Waals surface area contributed by atoms with Crippen molar-refractivity contribution in [2.45, 2.75) is 66.2 Å². The molecule has 0 aliphatic heterocycles. The monoisotopic (exact) mass is 234 g/mol. The lowest BCUT2D eigenvalue weighted by Crippen LogP contribution is -2.03. The van der Waals surface area contributed by atoms with Gasteiger partial charge in [-0.15, -0.1) is 0 Å². The maximum Gasteiger partial charge on any atom is 0.122 e. The molecule has 2 atom stereocenters.